The lowest BCUT2D eigenvalue weighted by molar-refractivity contribution is -0.142. The zero-order valence-corrected chi connectivity index (χ0v) is 16.2. The van der Waals surface area contributed by atoms with Gasteiger partial charge < -0.3 is 19.6 Å². The molecule has 2 amide bonds. The Labute approximate surface area is 154 Å². The van der Waals surface area contributed by atoms with E-state index in [2.05, 4.69) is 20.8 Å². The third-order valence-corrected chi connectivity index (χ3v) is 6.18. The molecule has 1 spiro atoms. The van der Waals surface area contributed by atoms with Gasteiger partial charge in [-0.15, -0.1) is 0 Å². The van der Waals surface area contributed by atoms with Crippen LogP contribution in [0.3, 0.4) is 0 Å². The summed E-state index contributed by atoms with van der Waals surface area (Å²) in [5.41, 5.74) is 0.460. The normalized spacial score (nSPS) is 29.0. The van der Waals surface area contributed by atoms with E-state index >= 15 is 0 Å². The number of piperidine rings is 1. The second-order valence-corrected chi connectivity index (χ2v) is 8.87. The molecular formula is C19H28N2O5. The number of carbonyl (C=O) groups is 3. The highest BCUT2D eigenvalue weighted by Gasteiger charge is 2.58. The van der Waals surface area contributed by atoms with Gasteiger partial charge in [-0.05, 0) is 38.5 Å². The minimum absolute atomic E-state index is 0.0157. The van der Waals surface area contributed by atoms with Crippen LogP contribution in [0, 0.1) is 10.8 Å². The molecule has 26 heavy (non-hydrogen) atoms. The van der Waals surface area contributed by atoms with Crippen LogP contribution in [0.4, 0.5) is 4.79 Å². The van der Waals surface area contributed by atoms with E-state index in [9.17, 15) is 19.5 Å². The highest BCUT2D eigenvalue weighted by molar-refractivity contribution is 5.95. The second-order valence-electron chi connectivity index (χ2n) is 8.87. The summed E-state index contributed by atoms with van der Waals surface area (Å²) >= 11 is 0. The summed E-state index contributed by atoms with van der Waals surface area (Å²) in [7, 11) is 0. The zero-order chi connectivity index (χ0) is 19.4. The number of rotatable bonds is 1. The van der Waals surface area contributed by atoms with Crippen molar-refractivity contribution >= 4 is 18.0 Å². The van der Waals surface area contributed by atoms with Crippen LogP contribution in [0.25, 0.3) is 0 Å². The zero-order valence-electron chi connectivity index (χ0n) is 16.2. The molecule has 3 aliphatic heterocycles. The van der Waals surface area contributed by atoms with E-state index in [1.807, 2.05) is 0 Å². The molecule has 0 aromatic rings. The van der Waals surface area contributed by atoms with Crippen LogP contribution in [-0.2, 0) is 14.3 Å². The van der Waals surface area contributed by atoms with Crippen LogP contribution in [0.15, 0.2) is 11.3 Å². The fraction of sp³-hybridized carbons (Fsp3) is 0.737. The second kappa shape index (κ2) is 5.99. The van der Waals surface area contributed by atoms with Gasteiger partial charge in [0.05, 0.1) is 16.7 Å². The van der Waals surface area contributed by atoms with Crippen LogP contribution < -0.4 is 0 Å². The fourth-order valence-corrected chi connectivity index (χ4v) is 4.55. The Hall–Kier alpha value is -2.05. The minimum atomic E-state index is -0.934. The molecule has 3 heterocycles. The van der Waals surface area contributed by atoms with E-state index in [4.69, 9.17) is 4.74 Å². The van der Waals surface area contributed by atoms with Gasteiger partial charge >= 0.3 is 12.1 Å². The molecular weight excluding hydrogens is 336 g/mol. The summed E-state index contributed by atoms with van der Waals surface area (Å²) in [5.74, 6) is -0.350. The Kier molecular flexibility index (Phi) is 4.32. The van der Waals surface area contributed by atoms with Crippen molar-refractivity contribution in [3.63, 3.8) is 0 Å². The van der Waals surface area contributed by atoms with E-state index < -0.39 is 17.6 Å². The van der Waals surface area contributed by atoms with Crippen molar-refractivity contribution in [3.8, 4) is 0 Å². The van der Waals surface area contributed by atoms with E-state index in [-0.39, 0.29) is 23.3 Å². The molecule has 144 valence electrons. The number of amides is 2. The van der Waals surface area contributed by atoms with Crippen molar-refractivity contribution in [3.05, 3.63) is 11.3 Å². The molecule has 2 unspecified atom stereocenters. The largest absolute Gasteiger partial charge is 0.465 e. The molecule has 0 bridgehead atoms. The molecule has 1 N–H and O–H groups in total. The lowest BCUT2D eigenvalue weighted by Crippen LogP contribution is -2.47. The Balaban J connectivity index is 1.98. The number of hydrogen-bond donors (Lipinski definition) is 1. The molecule has 7 nitrogen and oxygen atoms in total. The summed E-state index contributed by atoms with van der Waals surface area (Å²) in [4.78, 5) is 40.0. The Morgan fingerprint density at radius 2 is 1.81 bits per heavy atom. The first-order chi connectivity index (χ1) is 12.0. The number of cyclic esters (lactones) is 1. The highest BCUT2D eigenvalue weighted by atomic mass is 16.5. The maximum absolute atomic E-state index is 13.6. The third-order valence-electron chi connectivity index (χ3n) is 6.18. The monoisotopic (exact) mass is 364 g/mol. The van der Waals surface area contributed by atoms with Crippen LogP contribution in [0.5, 0.6) is 0 Å². The molecule has 0 aliphatic carbocycles. The average molecular weight is 364 g/mol. The van der Waals surface area contributed by atoms with Gasteiger partial charge in [0.2, 0.25) is 5.91 Å². The summed E-state index contributed by atoms with van der Waals surface area (Å²) in [6, 6.07) is -0.0479. The van der Waals surface area contributed by atoms with Crippen molar-refractivity contribution in [1.29, 1.82) is 0 Å². The lowest BCUT2D eigenvalue weighted by Gasteiger charge is -2.36. The van der Waals surface area contributed by atoms with Crippen molar-refractivity contribution in [2.45, 2.75) is 66.0 Å². The maximum atomic E-state index is 13.6. The van der Waals surface area contributed by atoms with Crippen molar-refractivity contribution in [2.75, 3.05) is 13.1 Å². The number of carboxylic acid groups (broad SMARTS) is 1. The minimum Gasteiger partial charge on any atom is -0.465 e. The van der Waals surface area contributed by atoms with Gasteiger partial charge in [-0.1, -0.05) is 20.8 Å². The van der Waals surface area contributed by atoms with E-state index in [0.29, 0.717) is 43.6 Å². The molecule has 3 aliphatic rings. The molecule has 0 aromatic carbocycles. The first kappa shape index (κ1) is 18.7. The first-order valence-corrected chi connectivity index (χ1v) is 9.21. The number of ether oxygens (including phenoxy) is 1. The van der Waals surface area contributed by atoms with Crippen LogP contribution in [0.2, 0.25) is 0 Å². The van der Waals surface area contributed by atoms with Crippen LogP contribution >= 0.6 is 0 Å². The molecule has 2 saturated heterocycles. The number of likely N-dealkylation sites (tertiary alicyclic amines) is 2. The van der Waals surface area contributed by atoms with Gasteiger partial charge in [0.1, 0.15) is 6.10 Å². The van der Waals surface area contributed by atoms with Gasteiger partial charge in [0.15, 0.2) is 0 Å². The molecule has 0 radical (unpaired) electrons. The lowest BCUT2D eigenvalue weighted by atomic mass is 9.72. The van der Waals surface area contributed by atoms with E-state index in [1.54, 1.807) is 18.7 Å². The maximum Gasteiger partial charge on any atom is 0.407 e. The number of carbonyl (C=O) groups excluding carboxylic acids is 2. The average Bonchev–Trinajstić information content (AvgIpc) is 2.95. The highest BCUT2D eigenvalue weighted by Crippen LogP contribution is 2.51. The smallest absolute Gasteiger partial charge is 0.407 e. The number of hydrogen-bond acceptors (Lipinski definition) is 4. The predicted molar refractivity (Wildman–Crippen MR) is 94.2 cm³/mol. The van der Waals surface area contributed by atoms with Crippen molar-refractivity contribution in [1.82, 2.24) is 9.80 Å². The predicted octanol–water partition coefficient (Wildman–Crippen LogP) is 2.61. The van der Waals surface area contributed by atoms with Gasteiger partial charge in [-0.25, -0.2) is 9.59 Å². The fourth-order valence-electron chi connectivity index (χ4n) is 4.55. The molecule has 0 aromatic heterocycles. The summed E-state index contributed by atoms with van der Waals surface area (Å²) in [5, 5.41) is 9.21. The van der Waals surface area contributed by atoms with Gasteiger partial charge in [0, 0.05) is 19.1 Å². The summed E-state index contributed by atoms with van der Waals surface area (Å²) in [6.45, 7) is 10.6. The Bertz CT molecular complexity index is 683. The number of esters is 1. The topological polar surface area (TPSA) is 87.2 Å². The van der Waals surface area contributed by atoms with E-state index in [0.717, 1.165) is 0 Å². The molecule has 2 atom stereocenters. The quantitative estimate of drug-likeness (QED) is 0.723. The summed E-state index contributed by atoms with van der Waals surface area (Å²) in [6.07, 6.45) is 0.357. The van der Waals surface area contributed by atoms with Crippen LogP contribution in [-0.4, -0.2) is 58.1 Å². The van der Waals surface area contributed by atoms with Crippen molar-refractivity contribution in [2.24, 2.45) is 10.8 Å². The van der Waals surface area contributed by atoms with Gasteiger partial charge in [-0.2, -0.15) is 0 Å². The van der Waals surface area contributed by atoms with Crippen molar-refractivity contribution < 1.29 is 24.2 Å². The van der Waals surface area contributed by atoms with Gasteiger partial charge in [-0.3, -0.25) is 4.79 Å². The molecule has 3 rings (SSSR count). The Morgan fingerprint density at radius 1 is 1.23 bits per heavy atom. The van der Waals surface area contributed by atoms with E-state index in [1.165, 1.54) is 4.90 Å². The Morgan fingerprint density at radius 3 is 2.23 bits per heavy atom. The van der Waals surface area contributed by atoms with Gasteiger partial charge in [0.25, 0.3) is 0 Å². The molecule has 0 saturated carbocycles. The molecule has 7 heteroatoms. The standard InChI is InChI=1S/C19H28N2O5/c1-11-14(12(2)26-15(11)22)21-13(18(3,4)5)10-19(16(21)23)6-8-20(9-7-19)17(24)25/h12-13H,6-10H2,1-5H3,(H,24,25). The summed E-state index contributed by atoms with van der Waals surface area (Å²) < 4.78 is 5.34. The van der Waals surface area contributed by atoms with Crippen LogP contribution in [0.1, 0.15) is 53.9 Å². The SMILES string of the molecule is CC1=C(N2C(=O)C3(CCN(C(=O)O)CC3)CC2C(C)(C)C)C(C)OC1=O. The third kappa shape index (κ3) is 2.77. The molecule has 2 fully saturated rings. The number of nitrogens with zero attached hydrogens (tertiary/aromatic N) is 2. The first-order valence-electron chi connectivity index (χ1n) is 9.21.